The molecule has 1 saturated heterocycles. The van der Waals surface area contributed by atoms with Crippen LogP contribution in [-0.2, 0) is 14.8 Å². The molecule has 1 fully saturated rings. The van der Waals surface area contributed by atoms with Crippen molar-refractivity contribution in [3.63, 3.8) is 0 Å². The maximum atomic E-state index is 13.2. The second-order valence-electron chi connectivity index (χ2n) is 6.72. The Morgan fingerprint density at radius 1 is 1.00 bits per heavy atom. The van der Waals surface area contributed by atoms with Gasteiger partial charge in [0.25, 0.3) is 10.0 Å². The SMILES string of the molecule is CC1CCN(C(=O)CN(c2ccccc2)S(=O)(=O)c2ccccc2)CC1. The number of anilines is 1. The molecular weight excluding hydrogens is 348 g/mol. The number of hydrogen-bond donors (Lipinski definition) is 0. The maximum absolute atomic E-state index is 13.2. The largest absolute Gasteiger partial charge is 0.341 e. The molecule has 2 aromatic carbocycles. The molecule has 2 aromatic rings. The van der Waals surface area contributed by atoms with E-state index in [1.807, 2.05) is 6.07 Å². The van der Waals surface area contributed by atoms with Gasteiger partial charge in [-0.2, -0.15) is 0 Å². The minimum atomic E-state index is -3.81. The van der Waals surface area contributed by atoms with Crippen molar-refractivity contribution in [2.24, 2.45) is 5.92 Å². The van der Waals surface area contributed by atoms with Gasteiger partial charge in [0, 0.05) is 13.1 Å². The molecule has 0 atom stereocenters. The van der Waals surface area contributed by atoms with E-state index in [2.05, 4.69) is 6.92 Å². The average molecular weight is 372 g/mol. The highest BCUT2D eigenvalue weighted by atomic mass is 32.2. The van der Waals surface area contributed by atoms with Crippen LogP contribution in [-0.4, -0.2) is 38.9 Å². The average Bonchev–Trinajstić information content (AvgIpc) is 2.67. The quantitative estimate of drug-likeness (QED) is 0.810. The number of sulfonamides is 1. The van der Waals surface area contributed by atoms with Crippen LogP contribution >= 0.6 is 0 Å². The van der Waals surface area contributed by atoms with Gasteiger partial charge in [0.2, 0.25) is 5.91 Å². The highest BCUT2D eigenvalue weighted by molar-refractivity contribution is 7.92. The first kappa shape index (κ1) is 18.5. The van der Waals surface area contributed by atoms with Gasteiger partial charge in [0.05, 0.1) is 10.6 Å². The Morgan fingerprint density at radius 2 is 1.54 bits per heavy atom. The second-order valence-corrected chi connectivity index (χ2v) is 8.59. The van der Waals surface area contributed by atoms with Crippen LogP contribution < -0.4 is 4.31 Å². The number of likely N-dealkylation sites (tertiary alicyclic amines) is 1. The smallest absolute Gasteiger partial charge is 0.264 e. The Morgan fingerprint density at radius 3 is 2.12 bits per heavy atom. The summed E-state index contributed by atoms with van der Waals surface area (Å²) in [6.07, 6.45) is 1.92. The molecular formula is C20H24N2O3S. The molecule has 0 unspecified atom stereocenters. The predicted octanol–water partition coefficient (Wildman–Crippen LogP) is 3.14. The Bertz CT molecular complexity index is 830. The van der Waals surface area contributed by atoms with E-state index in [9.17, 15) is 13.2 Å². The van der Waals surface area contributed by atoms with Crippen molar-refractivity contribution in [3.05, 3.63) is 60.7 Å². The fraction of sp³-hybridized carbons (Fsp3) is 0.350. The molecule has 5 nitrogen and oxygen atoms in total. The number of amides is 1. The number of piperidine rings is 1. The lowest BCUT2D eigenvalue weighted by atomic mass is 9.99. The maximum Gasteiger partial charge on any atom is 0.264 e. The first-order valence-electron chi connectivity index (χ1n) is 8.89. The Hall–Kier alpha value is -2.34. The van der Waals surface area contributed by atoms with Crippen molar-refractivity contribution in [1.82, 2.24) is 4.90 Å². The predicted molar refractivity (Wildman–Crippen MR) is 102 cm³/mol. The molecule has 1 aliphatic heterocycles. The summed E-state index contributed by atoms with van der Waals surface area (Å²) in [4.78, 5) is 14.7. The summed E-state index contributed by atoms with van der Waals surface area (Å²) in [6, 6.07) is 17.0. The van der Waals surface area contributed by atoms with Crippen LogP contribution in [0, 0.1) is 5.92 Å². The van der Waals surface area contributed by atoms with E-state index in [1.54, 1.807) is 59.5 Å². The van der Waals surface area contributed by atoms with Crippen LogP contribution in [0.5, 0.6) is 0 Å². The summed E-state index contributed by atoms with van der Waals surface area (Å²) >= 11 is 0. The summed E-state index contributed by atoms with van der Waals surface area (Å²) in [6.45, 7) is 3.37. The van der Waals surface area contributed by atoms with Crippen molar-refractivity contribution in [2.45, 2.75) is 24.7 Å². The van der Waals surface area contributed by atoms with Gasteiger partial charge in [0.15, 0.2) is 0 Å². The topological polar surface area (TPSA) is 57.7 Å². The Labute approximate surface area is 155 Å². The van der Waals surface area contributed by atoms with Crippen LogP contribution in [0.4, 0.5) is 5.69 Å². The number of nitrogens with zero attached hydrogens (tertiary/aromatic N) is 2. The highest BCUT2D eigenvalue weighted by Crippen LogP contribution is 2.24. The van der Waals surface area contributed by atoms with Gasteiger partial charge in [0.1, 0.15) is 6.54 Å². The van der Waals surface area contributed by atoms with Crippen molar-refractivity contribution >= 4 is 21.6 Å². The fourth-order valence-electron chi connectivity index (χ4n) is 3.11. The molecule has 0 spiro atoms. The molecule has 0 aromatic heterocycles. The van der Waals surface area contributed by atoms with E-state index < -0.39 is 10.0 Å². The third-order valence-corrected chi connectivity index (χ3v) is 6.58. The zero-order valence-corrected chi connectivity index (χ0v) is 15.7. The molecule has 0 radical (unpaired) electrons. The molecule has 26 heavy (non-hydrogen) atoms. The minimum absolute atomic E-state index is 0.153. The highest BCUT2D eigenvalue weighted by Gasteiger charge is 2.29. The molecule has 138 valence electrons. The van der Waals surface area contributed by atoms with E-state index in [4.69, 9.17) is 0 Å². The van der Waals surface area contributed by atoms with Crippen LogP contribution in [0.25, 0.3) is 0 Å². The van der Waals surface area contributed by atoms with Crippen LogP contribution in [0.15, 0.2) is 65.6 Å². The van der Waals surface area contributed by atoms with Gasteiger partial charge in [-0.05, 0) is 43.0 Å². The lowest BCUT2D eigenvalue weighted by Crippen LogP contribution is -2.45. The monoisotopic (exact) mass is 372 g/mol. The lowest BCUT2D eigenvalue weighted by molar-refractivity contribution is -0.130. The van der Waals surface area contributed by atoms with E-state index in [1.165, 1.54) is 4.31 Å². The van der Waals surface area contributed by atoms with E-state index >= 15 is 0 Å². The van der Waals surface area contributed by atoms with Gasteiger partial charge in [-0.15, -0.1) is 0 Å². The first-order valence-corrected chi connectivity index (χ1v) is 10.3. The molecule has 1 heterocycles. The minimum Gasteiger partial charge on any atom is -0.341 e. The molecule has 6 heteroatoms. The number of carbonyl (C=O) groups excluding carboxylic acids is 1. The lowest BCUT2D eigenvalue weighted by Gasteiger charge is -2.32. The number of benzene rings is 2. The standard InChI is InChI=1S/C20H24N2O3S/c1-17-12-14-21(15-13-17)20(23)16-22(18-8-4-2-5-9-18)26(24,25)19-10-6-3-7-11-19/h2-11,17H,12-16H2,1H3. The van der Waals surface area contributed by atoms with Crippen LogP contribution in [0.1, 0.15) is 19.8 Å². The second kappa shape index (κ2) is 7.91. The molecule has 0 aliphatic carbocycles. The number of carbonyl (C=O) groups is 1. The van der Waals surface area contributed by atoms with Crippen molar-refractivity contribution in [1.29, 1.82) is 0 Å². The van der Waals surface area contributed by atoms with Gasteiger partial charge in [-0.25, -0.2) is 8.42 Å². The zero-order chi connectivity index (χ0) is 18.6. The van der Waals surface area contributed by atoms with Crippen molar-refractivity contribution in [3.8, 4) is 0 Å². The molecule has 3 rings (SSSR count). The Kier molecular flexibility index (Phi) is 5.61. The van der Waals surface area contributed by atoms with Gasteiger partial charge in [-0.1, -0.05) is 43.3 Å². The molecule has 1 aliphatic rings. The number of rotatable bonds is 5. The van der Waals surface area contributed by atoms with Crippen LogP contribution in [0.3, 0.4) is 0 Å². The Balaban J connectivity index is 1.89. The van der Waals surface area contributed by atoms with E-state index in [0.29, 0.717) is 24.7 Å². The molecule has 1 amide bonds. The van der Waals surface area contributed by atoms with E-state index in [-0.39, 0.29) is 17.3 Å². The molecule has 0 saturated carbocycles. The van der Waals surface area contributed by atoms with Crippen molar-refractivity contribution in [2.75, 3.05) is 23.9 Å². The van der Waals surface area contributed by atoms with Crippen LogP contribution in [0.2, 0.25) is 0 Å². The number of hydrogen-bond acceptors (Lipinski definition) is 3. The third-order valence-electron chi connectivity index (χ3n) is 4.79. The number of para-hydroxylation sites is 1. The summed E-state index contributed by atoms with van der Waals surface area (Å²) < 4.78 is 27.5. The fourth-order valence-corrected chi connectivity index (χ4v) is 4.55. The summed E-state index contributed by atoms with van der Waals surface area (Å²) in [5.74, 6) is 0.456. The van der Waals surface area contributed by atoms with Gasteiger partial charge in [-0.3, -0.25) is 9.10 Å². The normalized spacial score (nSPS) is 15.7. The molecule has 0 N–H and O–H groups in total. The first-order chi connectivity index (χ1) is 12.5. The summed E-state index contributed by atoms with van der Waals surface area (Å²) in [5, 5.41) is 0. The molecule has 0 bridgehead atoms. The summed E-state index contributed by atoms with van der Waals surface area (Å²) in [7, 11) is -3.81. The van der Waals surface area contributed by atoms with Gasteiger partial charge < -0.3 is 4.90 Å². The zero-order valence-electron chi connectivity index (χ0n) is 14.9. The van der Waals surface area contributed by atoms with E-state index in [0.717, 1.165) is 12.8 Å². The third kappa shape index (κ3) is 4.07. The van der Waals surface area contributed by atoms with Crippen molar-refractivity contribution < 1.29 is 13.2 Å². The van der Waals surface area contributed by atoms with Gasteiger partial charge >= 0.3 is 0 Å². The summed E-state index contributed by atoms with van der Waals surface area (Å²) in [5.41, 5.74) is 0.495.